The average molecular weight is 340 g/mol. The van der Waals surface area contributed by atoms with Crippen LogP contribution in [0.1, 0.15) is 17.3 Å². The van der Waals surface area contributed by atoms with Gasteiger partial charge in [0, 0.05) is 28.3 Å². The predicted octanol–water partition coefficient (Wildman–Crippen LogP) is 4.39. The van der Waals surface area contributed by atoms with Crippen LogP contribution in [0, 0.1) is 11.6 Å². The summed E-state index contributed by atoms with van der Waals surface area (Å²) in [5.41, 5.74) is 0.819. The molecule has 0 saturated heterocycles. The third kappa shape index (κ3) is 3.04. The monoisotopic (exact) mass is 339 g/mol. The highest BCUT2D eigenvalue weighted by molar-refractivity contribution is 9.10. The van der Waals surface area contributed by atoms with Gasteiger partial charge < -0.3 is 4.90 Å². The largest absolute Gasteiger partial charge is 0.309 e. The van der Waals surface area contributed by atoms with Gasteiger partial charge in [-0.1, -0.05) is 15.9 Å². The summed E-state index contributed by atoms with van der Waals surface area (Å²) in [4.78, 5) is 13.8. The van der Waals surface area contributed by atoms with Crippen LogP contribution in [-0.2, 0) is 0 Å². The fourth-order valence-corrected chi connectivity index (χ4v) is 2.11. The van der Waals surface area contributed by atoms with Crippen LogP contribution in [0.5, 0.6) is 0 Å². The van der Waals surface area contributed by atoms with Crippen molar-refractivity contribution in [3.05, 3.63) is 64.1 Å². The van der Waals surface area contributed by atoms with Crippen LogP contribution >= 0.6 is 15.9 Å². The van der Waals surface area contributed by atoms with Gasteiger partial charge in [-0.2, -0.15) is 0 Å². The maximum Gasteiger partial charge on any atom is 0.258 e. The Bertz CT molecular complexity index is 628. The SMILES string of the molecule is CCN(C(=O)c1ccc(Br)cc1)c1ccc(F)c(F)c1. The third-order valence-corrected chi connectivity index (χ3v) is 3.40. The molecule has 0 aliphatic rings. The van der Waals surface area contributed by atoms with Gasteiger partial charge in [0.15, 0.2) is 11.6 Å². The van der Waals surface area contributed by atoms with Gasteiger partial charge in [-0.25, -0.2) is 8.78 Å². The zero-order valence-electron chi connectivity index (χ0n) is 10.7. The lowest BCUT2D eigenvalue weighted by Crippen LogP contribution is -2.30. The van der Waals surface area contributed by atoms with Crippen LogP contribution in [0.15, 0.2) is 46.9 Å². The van der Waals surface area contributed by atoms with E-state index in [1.807, 2.05) is 0 Å². The zero-order chi connectivity index (χ0) is 14.7. The molecule has 0 saturated carbocycles. The van der Waals surface area contributed by atoms with Gasteiger partial charge in [-0.3, -0.25) is 4.79 Å². The number of benzene rings is 2. The Kier molecular flexibility index (Phi) is 4.49. The number of hydrogen-bond donors (Lipinski definition) is 0. The van der Waals surface area contributed by atoms with Crippen molar-refractivity contribution in [3.63, 3.8) is 0 Å². The van der Waals surface area contributed by atoms with Gasteiger partial charge in [0.05, 0.1) is 0 Å². The van der Waals surface area contributed by atoms with E-state index < -0.39 is 11.6 Å². The Morgan fingerprint density at radius 1 is 1.10 bits per heavy atom. The highest BCUT2D eigenvalue weighted by atomic mass is 79.9. The van der Waals surface area contributed by atoms with E-state index in [9.17, 15) is 13.6 Å². The highest BCUT2D eigenvalue weighted by Crippen LogP contribution is 2.21. The molecule has 0 fully saturated rings. The Morgan fingerprint density at radius 2 is 1.75 bits per heavy atom. The third-order valence-electron chi connectivity index (χ3n) is 2.87. The molecule has 1 amide bonds. The predicted molar refractivity (Wildman–Crippen MR) is 77.9 cm³/mol. The second kappa shape index (κ2) is 6.13. The van der Waals surface area contributed by atoms with Crippen LogP contribution in [0.3, 0.4) is 0 Å². The molecule has 0 N–H and O–H groups in total. The first-order valence-corrected chi connectivity index (χ1v) is 6.84. The molecule has 2 nitrogen and oxygen atoms in total. The van der Waals surface area contributed by atoms with Crippen LogP contribution in [0.2, 0.25) is 0 Å². The van der Waals surface area contributed by atoms with Crippen molar-refractivity contribution in [2.75, 3.05) is 11.4 Å². The summed E-state index contributed by atoms with van der Waals surface area (Å²) in [7, 11) is 0. The van der Waals surface area contributed by atoms with Crippen molar-refractivity contribution in [3.8, 4) is 0 Å². The molecule has 2 aromatic carbocycles. The standard InChI is InChI=1S/C15H12BrF2NO/c1-2-19(12-7-8-13(17)14(18)9-12)15(20)10-3-5-11(16)6-4-10/h3-9H,2H2,1H3. The fraction of sp³-hybridized carbons (Fsp3) is 0.133. The maximum atomic E-state index is 13.3. The number of anilines is 1. The average Bonchev–Trinajstić information content (AvgIpc) is 2.44. The number of nitrogens with zero attached hydrogens (tertiary/aromatic N) is 1. The van der Waals surface area contributed by atoms with Crippen molar-refractivity contribution in [2.24, 2.45) is 0 Å². The lowest BCUT2D eigenvalue weighted by atomic mass is 10.2. The summed E-state index contributed by atoms with van der Waals surface area (Å²) < 4.78 is 27.1. The van der Waals surface area contributed by atoms with Crippen LogP contribution in [0.25, 0.3) is 0 Å². The zero-order valence-corrected chi connectivity index (χ0v) is 12.3. The summed E-state index contributed by atoms with van der Waals surface area (Å²) >= 11 is 3.29. The van der Waals surface area contributed by atoms with Gasteiger partial charge in [-0.15, -0.1) is 0 Å². The van der Waals surface area contributed by atoms with Crippen molar-refractivity contribution >= 4 is 27.5 Å². The summed E-state index contributed by atoms with van der Waals surface area (Å²) in [6, 6.07) is 10.3. The molecule has 0 spiro atoms. The van der Waals surface area contributed by atoms with E-state index >= 15 is 0 Å². The second-order valence-electron chi connectivity index (χ2n) is 4.15. The maximum absolute atomic E-state index is 13.3. The first kappa shape index (κ1) is 14.7. The first-order chi connectivity index (χ1) is 9.52. The molecule has 0 atom stereocenters. The number of amides is 1. The molecule has 0 radical (unpaired) electrons. The van der Waals surface area contributed by atoms with Gasteiger partial charge in [0.1, 0.15) is 0 Å². The number of carbonyl (C=O) groups excluding carboxylic acids is 1. The van der Waals surface area contributed by atoms with E-state index in [1.165, 1.54) is 11.0 Å². The van der Waals surface area contributed by atoms with E-state index in [1.54, 1.807) is 31.2 Å². The molecule has 0 aliphatic heterocycles. The van der Waals surface area contributed by atoms with Gasteiger partial charge in [-0.05, 0) is 43.3 Å². The minimum Gasteiger partial charge on any atom is -0.309 e. The van der Waals surface area contributed by atoms with Crippen molar-refractivity contribution < 1.29 is 13.6 Å². The van der Waals surface area contributed by atoms with E-state index in [4.69, 9.17) is 0 Å². The van der Waals surface area contributed by atoms with E-state index in [0.717, 1.165) is 16.6 Å². The summed E-state index contributed by atoms with van der Waals surface area (Å²) in [6.07, 6.45) is 0. The molecular weight excluding hydrogens is 328 g/mol. The number of halogens is 3. The Balaban J connectivity index is 2.33. The Hall–Kier alpha value is -1.75. The van der Waals surface area contributed by atoms with Gasteiger partial charge in [0.2, 0.25) is 0 Å². The smallest absolute Gasteiger partial charge is 0.258 e. The molecule has 104 valence electrons. The minimum atomic E-state index is -0.968. The van der Waals surface area contributed by atoms with Crippen molar-refractivity contribution in [2.45, 2.75) is 6.92 Å². The lowest BCUT2D eigenvalue weighted by Gasteiger charge is -2.21. The highest BCUT2D eigenvalue weighted by Gasteiger charge is 2.17. The summed E-state index contributed by atoms with van der Waals surface area (Å²) in [5, 5.41) is 0. The Morgan fingerprint density at radius 3 is 2.30 bits per heavy atom. The molecule has 0 heterocycles. The first-order valence-electron chi connectivity index (χ1n) is 6.05. The van der Waals surface area contributed by atoms with Crippen molar-refractivity contribution in [1.82, 2.24) is 0 Å². The normalized spacial score (nSPS) is 10.4. The molecular formula is C15H12BrF2NO. The molecule has 0 bridgehead atoms. The van der Waals surface area contributed by atoms with E-state index in [0.29, 0.717) is 17.8 Å². The Labute approximate surface area is 124 Å². The molecule has 0 aliphatic carbocycles. The fourth-order valence-electron chi connectivity index (χ4n) is 1.84. The number of carbonyl (C=O) groups is 1. The second-order valence-corrected chi connectivity index (χ2v) is 5.07. The summed E-state index contributed by atoms with van der Waals surface area (Å²) in [5.74, 6) is -2.16. The molecule has 20 heavy (non-hydrogen) atoms. The number of rotatable bonds is 3. The molecule has 2 aromatic rings. The number of hydrogen-bond acceptors (Lipinski definition) is 1. The lowest BCUT2D eigenvalue weighted by molar-refractivity contribution is 0.0988. The topological polar surface area (TPSA) is 20.3 Å². The molecule has 2 rings (SSSR count). The molecule has 0 unspecified atom stereocenters. The quantitative estimate of drug-likeness (QED) is 0.811. The van der Waals surface area contributed by atoms with Crippen LogP contribution < -0.4 is 4.90 Å². The van der Waals surface area contributed by atoms with Crippen LogP contribution in [-0.4, -0.2) is 12.5 Å². The van der Waals surface area contributed by atoms with Crippen LogP contribution in [0.4, 0.5) is 14.5 Å². The minimum absolute atomic E-state index is 0.258. The van der Waals surface area contributed by atoms with Gasteiger partial charge in [0.25, 0.3) is 5.91 Å². The van der Waals surface area contributed by atoms with E-state index in [2.05, 4.69) is 15.9 Å². The van der Waals surface area contributed by atoms with Crippen molar-refractivity contribution in [1.29, 1.82) is 0 Å². The van der Waals surface area contributed by atoms with E-state index in [-0.39, 0.29) is 5.91 Å². The molecule has 5 heteroatoms. The summed E-state index contributed by atoms with van der Waals surface area (Å²) in [6.45, 7) is 2.14. The molecule has 0 aromatic heterocycles. The van der Waals surface area contributed by atoms with Gasteiger partial charge >= 0.3 is 0 Å².